The third kappa shape index (κ3) is 5.66. The molecule has 2 saturated heterocycles. The number of methoxy groups -OCH3 is 1. The second-order valence-corrected chi connectivity index (χ2v) is 7.72. The molecule has 1 aromatic carbocycles. The number of nitrogens with zero attached hydrogens (tertiary/aromatic N) is 3. The van der Waals surface area contributed by atoms with Crippen molar-refractivity contribution in [1.29, 1.82) is 0 Å². The number of aliphatic imine (C=N–C) groups is 1. The minimum atomic E-state index is -0.218. The highest BCUT2D eigenvalue weighted by Gasteiger charge is 2.26. The van der Waals surface area contributed by atoms with Crippen LogP contribution in [0.3, 0.4) is 0 Å². The van der Waals surface area contributed by atoms with Crippen LogP contribution in [0.2, 0.25) is 0 Å². The largest absolute Gasteiger partial charge is 0.380 e. The van der Waals surface area contributed by atoms with Crippen molar-refractivity contribution < 1.29 is 9.13 Å². The van der Waals surface area contributed by atoms with E-state index in [0.717, 1.165) is 30.5 Å². The lowest BCUT2D eigenvalue weighted by Crippen LogP contribution is -2.41. The lowest BCUT2D eigenvalue weighted by molar-refractivity contribution is 0.181. The molecular formula is C21H33FN4O. The highest BCUT2D eigenvalue weighted by atomic mass is 19.1. The first-order valence-electron chi connectivity index (χ1n) is 10.1. The lowest BCUT2D eigenvalue weighted by atomic mass is 10.1. The van der Waals surface area contributed by atoms with Gasteiger partial charge in [-0.25, -0.2) is 4.39 Å². The van der Waals surface area contributed by atoms with Crippen LogP contribution < -0.4 is 5.32 Å². The number of hydrogen-bond donors (Lipinski definition) is 1. The summed E-state index contributed by atoms with van der Waals surface area (Å²) in [5.74, 6) is 1.44. The van der Waals surface area contributed by atoms with E-state index in [-0.39, 0.29) is 5.82 Å². The average molecular weight is 377 g/mol. The van der Waals surface area contributed by atoms with Crippen LogP contribution in [0.15, 0.2) is 23.2 Å². The summed E-state index contributed by atoms with van der Waals surface area (Å²) in [5.41, 5.74) is 1.63. The first kappa shape index (κ1) is 20.1. The Morgan fingerprint density at radius 1 is 1.26 bits per heavy atom. The van der Waals surface area contributed by atoms with Gasteiger partial charge in [-0.1, -0.05) is 12.5 Å². The van der Waals surface area contributed by atoms with E-state index in [1.54, 1.807) is 7.11 Å². The van der Waals surface area contributed by atoms with Gasteiger partial charge < -0.3 is 19.9 Å². The summed E-state index contributed by atoms with van der Waals surface area (Å²) >= 11 is 0. The zero-order valence-electron chi connectivity index (χ0n) is 16.7. The molecule has 0 bridgehead atoms. The molecule has 6 heteroatoms. The van der Waals surface area contributed by atoms with Crippen LogP contribution >= 0.6 is 0 Å². The second kappa shape index (κ2) is 10.0. The van der Waals surface area contributed by atoms with E-state index in [4.69, 9.17) is 4.74 Å². The van der Waals surface area contributed by atoms with Gasteiger partial charge >= 0.3 is 0 Å². The second-order valence-electron chi connectivity index (χ2n) is 7.72. The van der Waals surface area contributed by atoms with E-state index in [1.807, 2.05) is 19.2 Å². The minimum absolute atomic E-state index is 0.218. The predicted octanol–water partition coefficient (Wildman–Crippen LogP) is 2.86. The van der Waals surface area contributed by atoms with Gasteiger partial charge in [0.25, 0.3) is 0 Å². The Bertz CT molecular complexity index is 631. The summed E-state index contributed by atoms with van der Waals surface area (Å²) in [4.78, 5) is 9.45. The fraction of sp³-hybridized carbons (Fsp3) is 0.667. The third-order valence-corrected chi connectivity index (χ3v) is 5.62. The number of hydrogen-bond acceptors (Lipinski definition) is 3. The Morgan fingerprint density at radius 3 is 2.81 bits per heavy atom. The van der Waals surface area contributed by atoms with Crippen molar-refractivity contribution in [3.63, 3.8) is 0 Å². The number of nitrogens with one attached hydrogen (secondary N) is 1. The van der Waals surface area contributed by atoms with Gasteiger partial charge in [-0.15, -0.1) is 0 Å². The van der Waals surface area contributed by atoms with E-state index in [0.29, 0.717) is 18.7 Å². The molecule has 1 aromatic rings. The summed E-state index contributed by atoms with van der Waals surface area (Å²) in [6.45, 7) is 6.78. The summed E-state index contributed by atoms with van der Waals surface area (Å²) < 4.78 is 18.8. The Labute approximate surface area is 162 Å². The summed E-state index contributed by atoms with van der Waals surface area (Å²) in [6.07, 6.45) is 5.32. The lowest BCUT2D eigenvalue weighted by Gasteiger charge is -2.29. The minimum Gasteiger partial charge on any atom is -0.380 e. The van der Waals surface area contributed by atoms with Gasteiger partial charge in [0.1, 0.15) is 5.82 Å². The van der Waals surface area contributed by atoms with Crippen molar-refractivity contribution in [1.82, 2.24) is 15.1 Å². The van der Waals surface area contributed by atoms with Crippen molar-refractivity contribution in [3.8, 4) is 0 Å². The highest BCUT2D eigenvalue weighted by Crippen LogP contribution is 2.20. The van der Waals surface area contributed by atoms with Crippen LogP contribution in [-0.4, -0.2) is 62.6 Å². The Balaban J connectivity index is 1.50. The molecule has 5 nitrogen and oxygen atoms in total. The zero-order chi connectivity index (χ0) is 19.1. The van der Waals surface area contributed by atoms with Crippen LogP contribution in [0, 0.1) is 11.7 Å². The Hall–Kier alpha value is -1.66. The molecule has 0 spiro atoms. The standard InChI is InChI=1S/C21H33FN4O/c1-23-21(24-13-17-6-7-20(22)19(12-17)16-27-2)26-11-8-18(15-26)14-25-9-4-3-5-10-25/h6-7,12,18H,3-5,8-11,13-16H2,1-2H3,(H,23,24). The van der Waals surface area contributed by atoms with Crippen LogP contribution in [0.4, 0.5) is 4.39 Å². The molecule has 0 amide bonds. The van der Waals surface area contributed by atoms with Gasteiger partial charge in [0.15, 0.2) is 5.96 Å². The molecule has 0 aliphatic carbocycles. The monoisotopic (exact) mass is 376 g/mol. The quantitative estimate of drug-likeness (QED) is 0.612. The maximum atomic E-state index is 13.8. The number of likely N-dealkylation sites (tertiary alicyclic amines) is 2. The number of ether oxygens (including phenoxy) is 1. The summed E-state index contributed by atoms with van der Waals surface area (Å²) in [5, 5.41) is 3.44. The number of piperidine rings is 1. The molecule has 2 aliphatic rings. The number of guanidine groups is 1. The fourth-order valence-corrected chi connectivity index (χ4v) is 4.20. The zero-order valence-corrected chi connectivity index (χ0v) is 16.7. The molecule has 2 aliphatic heterocycles. The smallest absolute Gasteiger partial charge is 0.193 e. The molecule has 27 heavy (non-hydrogen) atoms. The molecule has 3 rings (SSSR count). The highest BCUT2D eigenvalue weighted by molar-refractivity contribution is 5.80. The molecule has 0 saturated carbocycles. The van der Waals surface area contributed by atoms with Gasteiger partial charge in [0.05, 0.1) is 6.61 Å². The van der Waals surface area contributed by atoms with Crippen molar-refractivity contribution in [2.45, 2.75) is 38.8 Å². The SMILES string of the molecule is CN=C(NCc1ccc(F)c(COC)c1)N1CCC(CN2CCCCC2)C1. The van der Waals surface area contributed by atoms with E-state index in [1.165, 1.54) is 51.4 Å². The van der Waals surface area contributed by atoms with E-state index < -0.39 is 0 Å². The predicted molar refractivity (Wildman–Crippen MR) is 107 cm³/mol. The molecule has 1 N–H and O–H groups in total. The van der Waals surface area contributed by atoms with Crippen molar-refractivity contribution >= 4 is 5.96 Å². The summed E-state index contributed by atoms with van der Waals surface area (Å²) in [7, 11) is 3.42. The van der Waals surface area contributed by atoms with Gasteiger partial charge in [0.2, 0.25) is 0 Å². The van der Waals surface area contributed by atoms with E-state index >= 15 is 0 Å². The maximum Gasteiger partial charge on any atom is 0.193 e. The molecule has 0 aromatic heterocycles. The molecule has 2 heterocycles. The van der Waals surface area contributed by atoms with Crippen LogP contribution in [0.5, 0.6) is 0 Å². The topological polar surface area (TPSA) is 40.1 Å². The van der Waals surface area contributed by atoms with Crippen LogP contribution in [0.1, 0.15) is 36.8 Å². The van der Waals surface area contributed by atoms with Crippen molar-refractivity contribution in [2.75, 3.05) is 46.9 Å². The van der Waals surface area contributed by atoms with Gasteiger partial charge in [-0.05, 0) is 56.0 Å². The molecule has 2 fully saturated rings. The average Bonchev–Trinajstić information content (AvgIpc) is 3.14. The van der Waals surface area contributed by atoms with Crippen LogP contribution in [0.25, 0.3) is 0 Å². The fourth-order valence-electron chi connectivity index (χ4n) is 4.20. The van der Waals surface area contributed by atoms with Crippen molar-refractivity contribution in [2.24, 2.45) is 10.9 Å². The normalized spacial score (nSPS) is 21.7. The Kier molecular flexibility index (Phi) is 7.47. The van der Waals surface area contributed by atoms with Gasteiger partial charge in [-0.3, -0.25) is 4.99 Å². The van der Waals surface area contributed by atoms with Gasteiger partial charge in [-0.2, -0.15) is 0 Å². The Morgan fingerprint density at radius 2 is 2.07 bits per heavy atom. The van der Waals surface area contributed by atoms with Crippen molar-refractivity contribution in [3.05, 3.63) is 35.1 Å². The number of halogens is 1. The molecule has 1 unspecified atom stereocenters. The molecule has 1 atom stereocenters. The van der Waals surface area contributed by atoms with E-state index in [9.17, 15) is 4.39 Å². The summed E-state index contributed by atoms with van der Waals surface area (Å²) in [6, 6.07) is 5.19. The number of benzene rings is 1. The molecular weight excluding hydrogens is 343 g/mol. The van der Waals surface area contributed by atoms with Crippen LogP contribution in [-0.2, 0) is 17.9 Å². The molecule has 0 radical (unpaired) electrons. The van der Waals surface area contributed by atoms with E-state index in [2.05, 4.69) is 20.1 Å². The first-order valence-corrected chi connectivity index (χ1v) is 10.1. The maximum absolute atomic E-state index is 13.8. The first-order chi connectivity index (χ1) is 13.2. The third-order valence-electron chi connectivity index (χ3n) is 5.62. The molecule has 150 valence electrons. The number of rotatable bonds is 6. The van der Waals surface area contributed by atoms with Gasteiger partial charge in [0, 0.05) is 45.9 Å².